The van der Waals surface area contributed by atoms with Gasteiger partial charge in [-0.1, -0.05) is 24.2 Å². The molecule has 4 nitrogen and oxygen atoms in total. The number of rotatable bonds is 11. The van der Waals surface area contributed by atoms with Gasteiger partial charge in [-0.05, 0) is 52.4 Å². The molecule has 0 heterocycles. The molecule has 0 spiro atoms. The highest BCUT2D eigenvalue weighted by atomic mass is 16.6. The minimum atomic E-state index is 0.714. The molecule has 0 radical (unpaired) electrons. The van der Waals surface area contributed by atoms with Crippen LogP contribution < -0.4 is 0 Å². The fraction of sp³-hybridized carbons (Fsp3) is 0.857. The molecule has 0 aliphatic heterocycles. The summed E-state index contributed by atoms with van der Waals surface area (Å²) in [7, 11) is 0. The Balaban J connectivity index is 3.22. The molecule has 0 bridgehead atoms. The zero-order chi connectivity index (χ0) is 13.6. The second-order valence-corrected chi connectivity index (χ2v) is 4.44. The summed E-state index contributed by atoms with van der Waals surface area (Å²) in [6.45, 7) is 9.54. The van der Waals surface area contributed by atoms with E-state index in [1.54, 1.807) is 0 Å². The van der Waals surface area contributed by atoms with Crippen molar-refractivity contribution >= 4 is 11.4 Å². The van der Waals surface area contributed by atoms with E-state index in [0.717, 1.165) is 49.9 Å². The summed E-state index contributed by atoms with van der Waals surface area (Å²) >= 11 is 0. The highest BCUT2D eigenvalue weighted by molar-refractivity contribution is 5.81. The standard InChI is InChI=1S/C14H28N2O2/c1-5-13(3)15-17-11-9-7-8-10-12-18-16-14(4)6-2/h5-12H2,1-4H3/b15-13-,16-14+. The number of unbranched alkanes of at least 4 members (excludes halogenated alkanes) is 3. The van der Waals surface area contributed by atoms with Crippen molar-refractivity contribution in [2.45, 2.75) is 66.2 Å². The summed E-state index contributed by atoms with van der Waals surface area (Å²) < 4.78 is 0. The average Bonchev–Trinajstić information content (AvgIpc) is 2.40. The fourth-order valence-electron chi connectivity index (χ4n) is 1.13. The lowest BCUT2D eigenvalue weighted by Gasteiger charge is -2.02. The maximum absolute atomic E-state index is 5.19. The fourth-order valence-corrected chi connectivity index (χ4v) is 1.13. The Morgan fingerprint density at radius 3 is 1.44 bits per heavy atom. The third-order valence-electron chi connectivity index (χ3n) is 2.69. The number of nitrogens with zero attached hydrogens (tertiary/aromatic N) is 2. The van der Waals surface area contributed by atoms with Crippen molar-refractivity contribution in [2.75, 3.05) is 13.2 Å². The van der Waals surface area contributed by atoms with Crippen molar-refractivity contribution in [2.24, 2.45) is 10.3 Å². The van der Waals surface area contributed by atoms with E-state index in [9.17, 15) is 0 Å². The van der Waals surface area contributed by atoms with Crippen LogP contribution in [0.25, 0.3) is 0 Å². The molecule has 0 aromatic rings. The third kappa shape index (κ3) is 11.4. The number of hydrogen-bond acceptors (Lipinski definition) is 4. The van der Waals surface area contributed by atoms with Crippen LogP contribution in [0.4, 0.5) is 0 Å². The molecule has 0 aliphatic rings. The van der Waals surface area contributed by atoms with Gasteiger partial charge in [-0.3, -0.25) is 0 Å². The zero-order valence-electron chi connectivity index (χ0n) is 12.4. The van der Waals surface area contributed by atoms with Crippen LogP contribution in [0.5, 0.6) is 0 Å². The van der Waals surface area contributed by atoms with Gasteiger partial charge in [0.2, 0.25) is 0 Å². The molecule has 0 aromatic heterocycles. The predicted octanol–water partition coefficient (Wildman–Crippen LogP) is 4.15. The van der Waals surface area contributed by atoms with Gasteiger partial charge in [-0.15, -0.1) is 0 Å². The Morgan fingerprint density at radius 2 is 1.11 bits per heavy atom. The molecule has 0 rings (SSSR count). The van der Waals surface area contributed by atoms with Gasteiger partial charge in [-0.2, -0.15) is 0 Å². The van der Waals surface area contributed by atoms with Crippen molar-refractivity contribution < 1.29 is 9.68 Å². The SMILES string of the molecule is CC/C(C)=N\OCCCCCCO/N=C(\C)CC. The van der Waals surface area contributed by atoms with Crippen molar-refractivity contribution in [3.8, 4) is 0 Å². The molecule has 0 fully saturated rings. The number of oxime groups is 2. The summed E-state index contributed by atoms with van der Waals surface area (Å²) in [6.07, 6.45) is 6.32. The van der Waals surface area contributed by atoms with Crippen molar-refractivity contribution in [1.82, 2.24) is 0 Å². The van der Waals surface area contributed by atoms with Crippen molar-refractivity contribution in [3.63, 3.8) is 0 Å². The Labute approximate surface area is 111 Å². The Kier molecular flexibility index (Phi) is 11.7. The lowest BCUT2D eigenvalue weighted by molar-refractivity contribution is 0.129. The minimum Gasteiger partial charge on any atom is -0.396 e. The largest absolute Gasteiger partial charge is 0.396 e. The molecule has 18 heavy (non-hydrogen) atoms. The monoisotopic (exact) mass is 256 g/mol. The minimum absolute atomic E-state index is 0.714. The van der Waals surface area contributed by atoms with Gasteiger partial charge in [0.1, 0.15) is 13.2 Å². The van der Waals surface area contributed by atoms with Crippen LogP contribution in [0.1, 0.15) is 66.2 Å². The van der Waals surface area contributed by atoms with Crippen molar-refractivity contribution in [1.29, 1.82) is 0 Å². The van der Waals surface area contributed by atoms with Gasteiger partial charge >= 0.3 is 0 Å². The molecule has 0 unspecified atom stereocenters. The molecule has 0 amide bonds. The summed E-state index contributed by atoms with van der Waals surface area (Å²) in [5, 5.41) is 7.99. The lowest BCUT2D eigenvalue weighted by atomic mass is 10.2. The summed E-state index contributed by atoms with van der Waals surface area (Å²) in [4.78, 5) is 10.4. The molecular formula is C14H28N2O2. The molecule has 0 aromatic carbocycles. The van der Waals surface area contributed by atoms with E-state index in [1.807, 2.05) is 13.8 Å². The van der Waals surface area contributed by atoms with Crippen LogP contribution in [0.15, 0.2) is 10.3 Å². The van der Waals surface area contributed by atoms with Gasteiger partial charge in [0.15, 0.2) is 0 Å². The van der Waals surface area contributed by atoms with E-state index in [-0.39, 0.29) is 0 Å². The summed E-state index contributed by atoms with van der Waals surface area (Å²) in [6, 6.07) is 0. The summed E-state index contributed by atoms with van der Waals surface area (Å²) in [5.41, 5.74) is 2.10. The second-order valence-electron chi connectivity index (χ2n) is 4.44. The molecule has 0 atom stereocenters. The normalized spacial score (nSPS) is 12.7. The molecular weight excluding hydrogens is 228 g/mol. The van der Waals surface area contributed by atoms with Gasteiger partial charge < -0.3 is 9.68 Å². The molecule has 0 saturated heterocycles. The molecule has 0 saturated carbocycles. The van der Waals surface area contributed by atoms with E-state index in [2.05, 4.69) is 24.2 Å². The van der Waals surface area contributed by atoms with Crippen LogP contribution >= 0.6 is 0 Å². The van der Waals surface area contributed by atoms with Crippen LogP contribution in [-0.4, -0.2) is 24.6 Å². The molecule has 4 heteroatoms. The smallest absolute Gasteiger partial charge is 0.117 e. The van der Waals surface area contributed by atoms with Crippen LogP contribution in [0, 0.1) is 0 Å². The van der Waals surface area contributed by atoms with Crippen LogP contribution in [0.3, 0.4) is 0 Å². The van der Waals surface area contributed by atoms with E-state index < -0.39 is 0 Å². The Bertz CT molecular complexity index is 224. The van der Waals surface area contributed by atoms with Gasteiger partial charge in [0, 0.05) is 0 Å². The molecule has 0 N–H and O–H groups in total. The first-order valence-corrected chi connectivity index (χ1v) is 7.01. The zero-order valence-corrected chi connectivity index (χ0v) is 12.4. The average molecular weight is 256 g/mol. The van der Waals surface area contributed by atoms with E-state index in [0.29, 0.717) is 13.2 Å². The van der Waals surface area contributed by atoms with Crippen LogP contribution in [0.2, 0.25) is 0 Å². The van der Waals surface area contributed by atoms with E-state index in [4.69, 9.17) is 9.68 Å². The van der Waals surface area contributed by atoms with E-state index in [1.165, 1.54) is 0 Å². The van der Waals surface area contributed by atoms with Crippen LogP contribution in [-0.2, 0) is 9.68 Å². The summed E-state index contributed by atoms with van der Waals surface area (Å²) in [5.74, 6) is 0. The maximum Gasteiger partial charge on any atom is 0.117 e. The highest BCUT2D eigenvalue weighted by Crippen LogP contribution is 2.01. The van der Waals surface area contributed by atoms with Gasteiger partial charge in [0.25, 0.3) is 0 Å². The first-order valence-electron chi connectivity index (χ1n) is 7.01. The van der Waals surface area contributed by atoms with Gasteiger partial charge in [-0.25, -0.2) is 0 Å². The second kappa shape index (κ2) is 12.4. The highest BCUT2D eigenvalue weighted by Gasteiger charge is 1.92. The molecule has 0 aliphatic carbocycles. The van der Waals surface area contributed by atoms with Crippen molar-refractivity contribution in [3.05, 3.63) is 0 Å². The first kappa shape index (κ1) is 16.9. The predicted molar refractivity (Wildman–Crippen MR) is 77.2 cm³/mol. The van der Waals surface area contributed by atoms with E-state index >= 15 is 0 Å². The Morgan fingerprint density at radius 1 is 0.722 bits per heavy atom. The third-order valence-corrected chi connectivity index (χ3v) is 2.69. The van der Waals surface area contributed by atoms with Gasteiger partial charge in [0.05, 0.1) is 11.4 Å². The topological polar surface area (TPSA) is 43.2 Å². The Hall–Kier alpha value is -1.06. The molecule has 106 valence electrons. The lowest BCUT2D eigenvalue weighted by Crippen LogP contribution is -1.95. The first-order chi connectivity index (χ1) is 8.70. The number of hydrogen-bond donors (Lipinski definition) is 0. The maximum atomic E-state index is 5.19. The quantitative estimate of drug-likeness (QED) is 0.316.